The van der Waals surface area contributed by atoms with Gasteiger partial charge in [-0.2, -0.15) is 0 Å². The van der Waals surface area contributed by atoms with Gasteiger partial charge in [-0.25, -0.2) is 0 Å². The van der Waals surface area contributed by atoms with Crippen molar-refractivity contribution in [2.24, 2.45) is 0 Å². The topological polar surface area (TPSA) is 65.5 Å². The number of aromatic nitrogens is 1. The summed E-state index contributed by atoms with van der Waals surface area (Å²) in [6, 6.07) is 1.70. The monoisotopic (exact) mass is 265 g/mol. The van der Waals surface area contributed by atoms with E-state index in [1.165, 1.54) is 0 Å². The molecule has 0 aliphatic rings. The Bertz CT molecular complexity index is 432. The molecule has 1 heterocycles. The van der Waals surface area contributed by atoms with Crippen molar-refractivity contribution in [1.82, 2.24) is 9.88 Å². The maximum Gasteiger partial charge on any atom is 0.256 e. The fraction of sp³-hybridized carbons (Fsp3) is 0.571. The molecule has 5 heteroatoms. The first-order valence-corrected chi connectivity index (χ1v) is 6.51. The number of hydrogen-bond donors (Lipinski definition) is 2. The second-order valence-corrected chi connectivity index (χ2v) is 5.18. The Balaban J connectivity index is 2.99. The molecule has 5 nitrogen and oxygen atoms in total. The van der Waals surface area contributed by atoms with E-state index in [4.69, 9.17) is 0 Å². The molecule has 1 aromatic heterocycles. The number of carbonyl (C=O) groups is 1. The number of carbonyl (C=O) groups excluding carboxylic acids is 1. The molecule has 0 bridgehead atoms. The molecular formula is C14H23N3O2. The first-order valence-electron chi connectivity index (χ1n) is 6.51. The van der Waals surface area contributed by atoms with Crippen LogP contribution in [0.1, 0.15) is 37.6 Å². The summed E-state index contributed by atoms with van der Waals surface area (Å²) in [5.74, 6) is -0.125. The van der Waals surface area contributed by atoms with Crippen LogP contribution < -0.4 is 5.32 Å². The molecule has 0 unspecified atom stereocenters. The van der Waals surface area contributed by atoms with Crippen molar-refractivity contribution in [1.29, 1.82) is 0 Å². The molecule has 1 rings (SSSR count). The van der Waals surface area contributed by atoms with E-state index < -0.39 is 5.54 Å². The average Bonchev–Trinajstić information content (AvgIpc) is 2.43. The highest BCUT2D eigenvalue weighted by molar-refractivity contribution is 5.99. The zero-order valence-corrected chi connectivity index (χ0v) is 12.1. The Hall–Kier alpha value is -1.62. The summed E-state index contributed by atoms with van der Waals surface area (Å²) in [6.45, 7) is 6.42. The zero-order valence-electron chi connectivity index (χ0n) is 12.1. The van der Waals surface area contributed by atoms with Gasteiger partial charge in [0.05, 0.1) is 29.6 Å². The molecule has 0 spiro atoms. The summed E-state index contributed by atoms with van der Waals surface area (Å²) in [6.07, 6.45) is 4.23. The van der Waals surface area contributed by atoms with Gasteiger partial charge in [0.15, 0.2) is 0 Å². The number of amides is 1. The number of nitrogens with one attached hydrogen (secondary N) is 1. The summed E-state index contributed by atoms with van der Waals surface area (Å²) >= 11 is 0. The van der Waals surface area contributed by atoms with Crippen molar-refractivity contribution in [3.63, 3.8) is 0 Å². The molecule has 0 atom stereocenters. The van der Waals surface area contributed by atoms with Crippen LogP contribution in [0.5, 0.6) is 0 Å². The largest absolute Gasteiger partial charge is 0.394 e. The van der Waals surface area contributed by atoms with E-state index in [0.717, 1.165) is 18.7 Å². The van der Waals surface area contributed by atoms with Gasteiger partial charge in [0.25, 0.3) is 5.91 Å². The number of aliphatic hydroxyl groups excluding tert-OH is 1. The SMILES string of the molecule is CCCNc1cnccc1C(=O)N(C)C(C)(C)CO. The molecule has 0 aliphatic heterocycles. The van der Waals surface area contributed by atoms with Gasteiger partial charge in [-0.15, -0.1) is 0 Å². The van der Waals surface area contributed by atoms with Gasteiger partial charge in [-0.3, -0.25) is 9.78 Å². The molecule has 0 aromatic carbocycles. The molecule has 0 fully saturated rings. The second-order valence-electron chi connectivity index (χ2n) is 5.18. The van der Waals surface area contributed by atoms with E-state index in [2.05, 4.69) is 17.2 Å². The predicted octanol–water partition coefficient (Wildman–Crippen LogP) is 1.75. The van der Waals surface area contributed by atoms with Crippen LogP contribution in [0.4, 0.5) is 5.69 Å². The third kappa shape index (κ3) is 3.67. The van der Waals surface area contributed by atoms with Gasteiger partial charge in [0.2, 0.25) is 0 Å². The van der Waals surface area contributed by atoms with Crippen LogP contribution in [0.15, 0.2) is 18.5 Å². The fourth-order valence-electron chi connectivity index (χ4n) is 1.54. The number of pyridine rings is 1. The maximum absolute atomic E-state index is 12.5. The van der Waals surface area contributed by atoms with Crippen LogP contribution in [0, 0.1) is 0 Å². The van der Waals surface area contributed by atoms with Gasteiger partial charge < -0.3 is 15.3 Å². The lowest BCUT2D eigenvalue weighted by atomic mass is 10.0. The maximum atomic E-state index is 12.5. The molecule has 1 aromatic rings. The van der Waals surface area contributed by atoms with Gasteiger partial charge in [-0.1, -0.05) is 6.92 Å². The summed E-state index contributed by atoms with van der Waals surface area (Å²) in [7, 11) is 1.70. The quantitative estimate of drug-likeness (QED) is 0.822. The Kier molecular flexibility index (Phi) is 5.30. The summed E-state index contributed by atoms with van der Waals surface area (Å²) in [5.41, 5.74) is 0.713. The molecule has 2 N–H and O–H groups in total. The van der Waals surface area contributed by atoms with Crippen LogP contribution in [-0.4, -0.2) is 46.6 Å². The normalized spacial score (nSPS) is 11.2. The molecule has 0 radical (unpaired) electrons. The Morgan fingerprint density at radius 1 is 1.53 bits per heavy atom. The van der Waals surface area contributed by atoms with Gasteiger partial charge in [-0.05, 0) is 26.3 Å². The average molecular weight is 265 g/mol. The fourth-order valence-corrected chi connectivity index (χ4v) is 1.54. The van der Waals surface area contributed by atoms with E-state index in [-0.39, 0.29) is 12.5 Å². The smallest absolute Gasteiger partial charge is 0.256 e. The molecule has 1 amide bonds. The first kappa shape index (κ1) is 15.4. The number of likely N-dealkylation sites (N-methyl/N-ethyl adjacent to an activating group) is 1. The highest BCUT2D eigenvalue weighted by atomic mass is 16.3. The number of hydrogen-bond acceptors (Lipinski definition) is 4. The molecule has 0 saturated heterocycles. The van der Waals surface area contributed by atoms with E-state index in [0.29, 0.717) is 5.56 Å². The van der Waals surface area contributed by atoms with Crippen molar-refractivity contribution in [3.8, 4) is 0 Å². The summed E-state index contributed by atoms with van der Waals surface area (Å²) in [4.78, 5) is 18.1. The molecule has 0 saturated carbocycles. The molecule has 0 aliphatic carbocycles. The number of nitrogens with zero attached hydrogens (tertiary/aromatic N) is 2. The lowest BCUT2D eigenvalue weighted by molar-refractivity contribution is 0.0474. The Labute approximate surface area is 114 Å². The lowest BCUT2D eigenvalue weighted by Crippen LogP contribution is -2.47. The number of anilines is 1. The van der Waals surface area contributed by atoms with E-state index in [1.807, 2.05) is 13.8 Å². The van der Waals surface area contributed by atoms with E-state index in [1.54, 1.807) is 30.4 Å². The van der Waals surface area contributed by atoms with Crippen LogP contribution in [0.3, 0.4) is 0 Å². The van der Waals surface area contributed by atoms with Crippen LogP contribution in [-0.2, 0) is 0 Å². The third-order valence-corrected chi connectivity index (χ3v) is 3.22. The number of aliphatic hydroxyl groups is 1. The van der Waals surface area contributed by atoms with Crippen molar-refractivity contribution in [3.05, 3.63) is 24.0 Å². The first-order chi connectivity index (χ1) is 8.94. The van der Waals surface area contributed by atoms with Crippen LogP contribution in [0.25, 0.3) is 0 Å². The minimum atomic E-state index is -0.595. The second kappa shape index (κ2) is 6.52. The minimum Gasteiger partial charge on any atom is -0.394 e. The van der Waals surface area contributed by atoms with Crippen LogP contribution >= 0.6 is 0 Å². The third-order valence-electron chi connectivity index (χ3n) is 3.22. The standard InChI is InChI=1S/C14H23N3O2/c1-5-7-16-12-9-15-8-6-11(12)13(19)17(4)14(2,3)10-18/h6,8-9,16,18H,5,7,10H2,1-4H3. The van der Waals surface area contributed by atoms with Gasteiger partial charge >= 0.3 is 0 Å². The molecular weight excluding hydrogens is 242 g/mol. The van der Waals surface area contributed by atoms with Gasteiger partial charge in [0, 0.05) is 19.8 Å². The van der Waals surface area contributed by atoms with Crippen molar-refractivity contribution in [2.45, 2.75) is 32.7 Å². The van der Waals surface area contributed by atoms with Gasteiger partial charge in [0.1, 0.15) is 0 Å². The van der Waals surface area contributed by atoms with E-state index >= 15 is 0 Å². The zero-order chi connectivity index (χ0) is 14.5. The van der Waals surface area contributed by atoms with Crippen molar-refractivity contribution >= 4 is 11.6 Å². The lowest BCUT2D eigenvalue weighted by Gasteiger charge is -2.34. The van der Waals surface area contributed by atoms with Crippen molar-refractivity contribution in [2.75, 3.05) is 25.5 Å². The molecule has 19 heavy (non-hydrogen) atoms. The summed E-state index contributed by atoms with van der Waals surface area (Å²) in [5, 5.41) is 12.5. The van der Waals surface area contributed by atoms with Crippen LogP contribution in [0.2, 0.25) is 0 Å². The highest BCUT2D eigenvalue weighted by Crippen LogP contribution is 2.20. The van der Waals surface area contributed by atoms with E-state index in [9.17, 15) is 9.90 Å². The van der Waals surface area contributed by atoms with Crippen molar-refractivity contribution < 1.29 is 9.90 Å². The Morgan fingerprint density at radius 2 is 2.21 bits per heavy atom. The minimum absolute atomic E-state index is 0.0853. The number of rotatable bonds is 6. The summed E-state index contributed by atoms with van der Waals surface area (Å²) < 4.78 is 0. The highest BCUT2D eigenvalue weighted by Gasteiger charge is 2.28. The Morgan fingerprint density at radius 3 is 2.79 bits per heavy atom. The predicted molar refractivity (Wildman–Crippen MR) is 76.3 cm³/mol. The molecule has 106 valence electrons.